The molecule has 1 atom stereocenters. The second-order valence-electron chi connectivity index (χ2n) is 8.73. The third kappa shape index (κ3) is 6.70. The molecular formula is C22H31N3O6. The van der Waals surface area contributed by atoms with Crippen LogP contribution in [0.1, 0.15) is 62.4 Å². The van der Waals surface area contributed by atoms with Crippen molar-refractivity contribution in [2.45, 2.75) is 70.1 Å². The number of esters is 1. The predicted molar refractivity (Wildman–Crippen MR) is 113 cm³/mol. The number of methoxy groups -OCH3 is 1. The number of amides is 3. The minimum Gasteiger partial charge on any atom is -0.467 e. The first-order valence-corrected chi connectivity index (χ1v) is 10.2. The molecular weight excluding hydrogens is 402 g/mol. The van der Waals surface area contributed by atoms with Gasteiger partial charge >= 0.3 is 12.1 Å². The van der Waals surface area contributed by atoms with Crippen LogP contribution in [0.15, 0.2) is 24.3 Å². The van der Waals surface area contributed by atoms with E-state index in [-0.39, 0.29) is 6.42 Å². The fourth-order valence-corrected chi connectivity index (χ4v) is 3.58. The molecule has 0 aliphatic heterocycles. The number of carbonyl (C=O) groups is 4. The van der Waals surface area contributed by atoms with Crippen LogP contribution in [0.3, 0.4) is 0 Å². The lowest BCUT2D eigenvalue weighted by Crippen LogP contribution is -2.59. The molecule has 170 valence electrons. The summed E-state index contributed by atoms with van der Waals surface area (Å²) in [7, 11) is 1.28. The van der Waals surface area contributed by atoms with Crippen LogP contribution in [0.2, 0.25) is 0 Å². The Balaban J connectivity index is 2.23. The van der Waals surface area contributed by atoms with Crippen LogP contribution in [-0.4, -0.2) is 48.2 Å². The SMILES string of the molecule is COC(=O)C1(NC(=O)C(Cc2ccc(C(N)=O)cc2)NC(=O)OC(C)(C)C)CCCC1. The standard InChI is InChI=1S/C22H31N3O6/c1-21(2,3)31-20(29)24-16(13-14-7-9-15(10-8-14)17(23)26)18(27)25-22(19(28)30-4)11-5-6-12-22/h7-10,16H,5-6,11-13H2,1-4H3,(H2,23,26)(H,24,29)(H,25,27). The Kier molecular flexibility index (Phi) is 7.65. The number of rotatable bonds is 7. The number of hydrogen-bond acceptors (Lipinski definition) is 6. The molecule has 0 saturated heterocycles. The highest BCUT2D eigenvalue weighted by Gasteiger charge is 2.44. The molecule has 0 bridgehead atoms. The summed E-state index contributed by atoms with van der Waals surface area (Å²) in [6, 6.07) is 5.41. The van der Waals surface area contributed by atoms with Crippen molar-refractivity contribution >= 4 is 23.9 Å². The van der Waals surface area contributed by atoms with Crippen molar-refractivity contribution in [1.29, 1.82) is 0 Å². The number of primary amides is 1. The van der Waals surface area contributed by atoms with Crippen LogP contribution in [-0.2, 0) is 25.5 Å². The maximum absolute atomic E-state index is 13.1. The first kappa shape index (κ1) is 24.2. The molecule has 1 unspecified atom stereocenters. The summed E-state index contributed by atoms with van der Waals surface area (Å²) in [4.78, 5) is 49.1. The van der Waals surface area contributed by atoms with E-state index in [9.17, 15) is 19.2 Å². The van der Waals surface area contributed by atoms with E-state index in [1.807, 2.05) is 0 Å². The topological polar surface area (TPSA) is 137 Å². The molecule has 4 N–H and O–H groups in total. The van der Waals surface area contributed by atoms with Gasteiger partial charge in [-0.2, -0.15) is 0 Å². The Morgan fingerprint density at radius 1 is 1.10 bits per heavy atom. The number of alkyl carbamates (subject to hydrolysis) is 1. The van der Waals surface area contributed by atoms with Gasteiger partial charge in [0.05, 0.1) is 7.11 Å². The fraction of sp³-hybridized carbons (Fsp3) is 0.545. The van der Waals surface area contributed by atoms with Crippen molar-refractivity contribution in [3.63, 3.8) is 0 Å². The Hall–Kier alpha value is -3.10. The zero-order valence-electron chi connectivity index (χ0n) is 18.4. The van der Waals surface area contributed by atoms with Crippen LogP contribution in [0.25, 0.3) is 0 Å². The van der Waals surface area contributed by atoms with Crippen LogP contribution >= 0.6 is 0 Å². The summed E-state index contributed by atoms with van der Waals surface area (Å²) in [6.45, 7) is 5.15. The van der Waals surface area contributed by atoms with E-state index in [1.165, 1.54) is 7.11 Å². The maximum Gasteiger partial charge on any atom is 0.408 e. The van der Waals surface area contributed by atoms with E-state index in [1.54, 1.807) is 45.0 Å². The normalized spacial score (nSPS) is 16.1. The molecule has 1 aliphatic rings. The van der Waals surface area contributed by atoms with Crippen molar-refractivity contribution in [3.05, 3.63) is 35.4 Å². The average Bonchev–Trinajstić information content (AvgIpc) is 3.15. The van der Waals surface area contributed by atoms with Gasteiger partial charge in [0.15, 0.2) is 0 Å². The van der Waals surface area contributed by atoms with Crippen LogP contribution in [0.5, 0.6) is 0 Å². The largest absolute Gasteiger partial charge is 0.467 e. The van der Waals surface area contributed by atoms with Crippen LogP contribution < -0.4 is 16.4 Å². The van der Waals surface area contributed by atoms with E-state index < -0.39 is 41.1 Å². The van der Waals surface area contributed by atoms with Crippen LogP contribution in [0, 0.1) is 0 Å². The third-order valence-corrected chi connectivity index (χ3v) is 5.08. The summed E-state index contributed by atoms with van der Waals surface area (Å²) >= 11 is 0. The molecule has 3 amide bonds. The van der Waals surface area contributed by atoms with Crippen molar-refractivity contribution < 1.29 is 28.7 Å². The molecule has 9 heteroatoms. The van der Waals surface area contributed by atoms with E-state index in [4.69, 9.17) is 15.2 Å². The highest BCUT2D eigenvalue weighted by atomic mass is 16.6. The van der Waals surface area contributed by atoms with Gasteiger partial charge in [-0.05, 0) is 51.3 Å². The van der Waals surface area contributed by atoms with Gasteiger partial charge in [0.1, 0.15) is 17.2 Å². The summed E-state index contributed by atoms with van der Waals surface area (Å²) in [5, 5.41) is 5.39. The Bertz CT molecular complexity index is 823. The molecule has 1 aliphatic carbocycles. The second kappa shape index (κ2) is 9.80. The molecule has 0 spiro atoms. The van der Waals surface area contributed by atoms with E-state index in [0.29, 0.717) is 24.0 Å². The Morgan fingerprint density at radius 3 is 2.16 bits per heavy atom. The summed E-state index contributed by atoms with van der Waals surface area (Å²) in [5.74, 6) is -1.58. The first-order valence-electron chi connectivity index (χ1n) is 10.2. The molecule has 0 heterocycles. The highest BCUT2D eigenvalue weighted by molar-refractivity contribution is 5.93. The van der Waals surface area contributed by atoms with Gasteiger partial charge in [0, 0.05) is 12.0 Å². The van der Waals surface area contributed by atoms with Crippen molar-refractivity contribution in [2.24, 2.45) is 5.73 Å². The van der Waals surface area contributed by atoms with Crippen LogP contribution in [0.4, 0.5) is 4.79 Å². The monoisotopic (exact) mass is 433 g/mol. The molecule has 31 heavy (non-hydrogen) atoms. The van der Waals surface area contributed by atoms with Gasteiger partial charge in [0.2, 0.25) is 11.8 Å². The predicted octanol–water partition coefficient (Wildman–Crippen LogP) is 1.82. The molecule has 1 aromatic carbocycles. The molecule has 2 rings (SSSR count). The highest BCUT2D eigenvalue weighted by Crippen LogP contribution is 2.31. The van der Waals surface area contributed by atoms with E-state index in [2.05, 4.69) is 10.6 Å². The smallest absolute Gasteiger partial charge is 0.408 e. The third-order valence-electron chi connectivity index (χ3n) is 5.08. The number of hydrogen-bond donors (Lipinski definition) is 3. The molecule has 9 nitrogen and oxygen atoms in total. The van der Waals surface area contributed by atoms with Gasteiger partial charge in [-0.15, -0.1) is 0 Å². The average molecular weight is 434 g/mol. The summed E-state index contributed by atoms with van der Waals surface area (Å²) < 4.78 is 10.2. The van der Waals surface area contributed by atoms with Crippen molar-refractivity contribution in [3.8, 4) is 0 Å². The summed E-state index contributed by atoms with van der Waals surface area (Å²) in [6.07, 6.45) is 1.89. The lowest BCUT2D eigenvalue weighted by Gasteiger charge is -2.30. The zero-order chi connectivity index (χ0) is 23.2. The van der Waals surface area contributed by atoms with Gasteiger partial charge in [0.25, 0.3) is 0 Å². The van der Waals surface area contributed by atoms with Crippen molar-refractivity contribution in [2.75, 3.05) is 7.11 Å². The molecule has 0 aromatic heterocycles. The molecule has 0 radical (unpaired) electrons. The fourth-order valence-electron chi connectivity index (χ4n) is 3.58. The quantitative estimate of drug-likeness (QED) is 0.561. The summed E-state index contributed by atoms with van der Waals surface area (Å²) in [5.41, 5.74) is 4.45. The van der Waals surface area contributed by atoms with Crippen molar-refractivity contribution in [1.82, 2.24) is 10.6 Å². The van der Waals surface area contributed by atoms with E-state index >= 15 is 0 Å². The van der Waals surface area contributed by atoms with Gasteiger partial charge in [-0.25, -0.2) is 9.59 Å². The number of nitrogens with two attached hydrogens (primary N) is 1. The first-order chi connectivity index (χ1) is 14.5. The number of nitrogens with one attached hydrogen (secondary N) is 2. The maximum atomic E-state index is 13.1. The number of benzene rings is 1. The second-order valence-corrected chi connectivity index (χ2v) is 8.73. The lowest BCUT2D eigenvalue weighted by atomic mass is 9.96. The van der Waals surface area contributed by atoms with Gasteiger partial charge in [-0.3, -0.25) is 9.59 Å². The molecule has 1 saturated carbocycles. The minimum absolute atomic E-state index is 0.126. The van der Waals surface area contributed by atoms with E-state index in [0.717, 1.165) is 12.8 Å². The van der Waals surface area contributed by atoms with Gasteiger partial charge < -0.3 is 25.8 Å². The lowest BCUT2D eigenvalue weighted by molar-refractivity contribution is -0.151. The molecule has 1 aromatic rings. The number of carbonyl (C=O) groups excluding carboxylic acids is 4. The van der Waals surface area contributed by atoms with Gasteiger partial charge in [-0.1, -0.05) is 25.0 Å². The Morgan fingerprint density at radius 2 is 1.68 bits per heavy atom. The Labute approximate surface area is 182 Å². The number of ether oxygens (including phenoxy) is 2. The zero-order valence-corrected chi connectivity index (χ0v) is 18.4. The minimum atomic E-state index is -1.10. The molecule has 1 fully saturated rings.